The Balaban J connectivity index is 7.27. The lowest BCUT2D eigenvalue weighted by atomic mass is 9.77. The van der Waals surface area contributed by atoms with Gasteiger partial charge in [-0.3, -0.25) is 0 Å². The summed E-state index contributed by atoms with van der Waals surface area (Å²) in [6.45, 7) is 0. The van der Waals surface area contributed by atoms with E-state index in [0.29, 0.717) is 0 Å². The van der Waals surface area contributed by atoms with Crippen LogP contribution < -0.4 is 0 Å². The van der Waals surface area contributed by atoms with Crippen molar-refractivity contribution in [2.75, 3.05) is 0 Å². The Bertz CT molecular complexity index is 546. The Hall–Kier alpha value is -1.52. The van der Waals surface area contributed by atoms with E-state index in [2.05, 4.69) is 0 Å². The van der Waals surface area contributed by atoms with Crippen LogP contribution in [-0.4, -0.2) is 42.5 Å². The van der Waals surface area contributed by atoms with Gasteiger partial charge in [0.05, 0.1) is 0 Å². The van der Waals surface area contributed by atoms with Gasteiger partial charge in [-0.1, -0.05) is 6.08 Å². The SMILES string of the molecule is FC(F)(F)C(F)(F)C(C=CC(F)(C(F)(F)F)C(F)(F)F)(C(F)(F)F)C(F)(F)F. The summed E-state index contributed by atoms with van der Waals surface area (Å²) in [5, 5.41) is 0. The fourth-order valence-electron chi connectivity index (χ4n) is 1.62. The highest BCUT2D eigenvalue weighted by atomic mass is 19.4. The lowest BCUT2D eigenvalue weighted by Gasteiger charge is -2.41. The maximum absolute atomic E-state index is 13.2. The molecule has 168 valence electrons. The molecular weight excluding hydrogens is 462 g/mol. The van der Waals surface area contributed by atoms with Gasteiger partial charge in [0.2, 0.25) is 0 Å². The lowest BCUT2D eigenvalue weighted by molar-refractivity contribution is -0.431. The Morgan fingerprint density at radius 1 is 0.321 bits per heavy atom. The Morgan fingerprint density at radius 3 is 0.786 bits per heavy atom. The highest BCUT2D eigenvalue weighted by molar-refractivity contribution is 5.23. The molecule has 0 N–H and O–H groups in total. The Labute approximate surface area is 140 Å². The van der Waals surface area contributed by atoms with Crippen molar-refractivity contribution in [1.29, 1.82) is 0 Å². The number of halogens is 18. The van der Waals surface area contributed by atoms with Crippen molar-refractivity contribution in [2.24, 2.45) is 5.41 Å². The summed E-state index contributed by atoms with van der Waals surface area (Å²) in [4.78, 5) is 0. The third-order valence-electron chi connectivity index (χ3n) is 3.13. The van der Waals surface area contributed by atoms with Crippen LogP contribution in [-0.2, 0) is 0 Å². The van der Waals surface area contributed by atoms with Gasteiger partial charge in [-0.05, 0) is 6.08 Å². The molecule has 0 aliphatic rings. The molecule has 0 atom stereocenters. The number of allylic oxidation sites excluding steroid dienone is 2. The molecule has 0 rings (SSSR count). The summed E-state index contributed by atoms with van der Waals surface area (Å²) in [6.07, 6.45) is -43.9. The molecule has 0 aliphatic carbocycles. The van der Waals surface area contributed by atoms with Gasteiger partial charge in [0.25, 0.3) is 5.41 Å². The van der Waals surface area contributed by atoms with Crippen molar-refractivity contribution in [3.8, 4) is 0 Å². The van der Waals surface area contributed by atoms with E-state index in [1.807, 2.05) is 0 Å². The van der Waals surface area contributed by atoms with Gasteiger partial charge in [-0.15, -0.1) is 0 Å². The molecule has 0 radical (unpaired) electrons. The van der Waals surface area contributed by atoms with Crippen LogP contribution in [0.2, 0.25) is 0 Å². The van der Waals surface area contributed by atoms with Crippen molar-refractivity contribution in [2.45, 2.75) is 42.5 Å². The third-order valence-corrected chi connectivity index (χ3v) is 3.13. The molecular formula is C10H2F18. The predicted molar refractivity (Wildman–Crippen MR) is 50.6 cm³/mol. The smallest absolute Gasteiger partial charge is 0.219 e. The second-order valence-corrected chi connectivity index (χ2v) is 4.92. The van der Waals surface area contributed by atoms with Gasteiger partial charge in [-0.25, -0.2) is 4.39 Å². The second kappa shape index (κ2) is 6.50. The molecule has 0 fully saturated rings. The van der Waals surface area contributed by atoms with Gasteiger partial charge in [-0.2, -0.15) is 74.6 Å². The molecule has 0 spiro atoms. The van der Waals surface area contributed by atoms with Gasteiger partial charge < -0.3 is 0 Å². The van der Waals surface area contributed by atoms with Crippen LogP contribution in [0.3, 0.4) is 0 Å². The van der Waals surface area contributed by atoms with E-state index in [9.17, 15) is 79.0 Å². The summed E-state index contributed by atoms with van der Waals surface area (Å²) in [5.74, 6) is -8.05. The van der Waals surface area contributed by atoms with Crippen LogP contribution >= 0.6 is 0 Å². The zero-order valence-electron chi connectivity index (χ0n) is 12.0. The van der Waals surface area contributed by atoms with E-state index in [4.69, 9.17) is 0 Å². The number of hydrogen-bond donors (Lipinski definition) is 0. The highest BCUT2D eigenvalue weighted by Gasteiger charge is 2.88. The van der Waals surface area contributed by atoms with Gasteiger partial charge >= 0.3 is 42.5 Å². The Morgan fingerprint density at radius 2 is 0.607 bits per heavy atom. The molecule has 0 saturated heterocycles. The summed E-state index contributed by atoms with van der Waals surface area (Å²) >= 11 is 0. The normalized spacial score (nSPS) is 16.8. The topological polar surface area (TPSA) is 0 Å². The average molecular weight is 464 g/mol. The van der Waals surface area contributed by atoms with Crippen LogP contribution in [0, 0.1) is 5.41 Å². The van der Waals surface area contributed by atoms with Crippen LogP contribution in [0.15, 0.2) is 12.2 Å². The van der Waals surface area contributed by atoms with Crippen molar-refractivity contribution < 1.29 is 79.0 Å². The molecule has 0 heterocycles. The zero-order valence-corrected chi connectivity index (χ0v) is 12.0. The minimum Gasteiger partial charge on any atom is -0.219 e. The van der Waals surface area contributed by atoms with Gasteiger partial charge in [0, 0.05) is 0 Å². The molecule has 0 aromatic carbocycles. The summed E-state index contributed by atoms with van der Waals surface area (Å²) in [7, 11) is 0. The van der Waals surface area contributed by atoms with Crippen molar-refractivity contribution in [3.63, 3.8) is 0 Å². The first-order chi connectivity index (χ1) is 11.7. The monoisotopic (exact) mass is 464 g/mol. The summed E-state index contributed by atoms with van der Waals surface area (Å²) in [6, 6.07) is 0. The van der Waals surface area contributed by atoms with Crippen molar-refractivity contribution in [3.05, 3.63) is 12.2 Å². The van der Waals surface area contributed by atoms with Crippen LogP contribution in [0.1, 0.15) is 0 Å². The second-order valence-electron chi connectivity index (χ2n) is 4.92. The zero-order chi connectivity index (χ0) is 23.4. The summed E-state index contributed by atoms with van der Waals surface area (Å²) in [5.41, 5.74) is -14.8. The molecule has 0 nitrogen and oxygen atoms in total. The maximum Gasteiger partial charge on any atom is 0.454 e. The molecule has 0 unspecified atom stereocenters. The van der Waals surface area contributed by atoms with E-state index >= 15 is 0 Å². The van der Waals surface area contributed by atoms with E-state index in [1.54, 1.807) is 0 Å². The molecule has 0 aliphatic heterocycles. The first-order valence-electron chi connectivity index (χ1n) is 5.81. The van der Waals surface area contributed by atoms with Crippen LogP contribution in [0.4, 0.5) is 79.0 Å². The van der Waals surface area contributed by atoms with Crippen molar-refractivity contribution >= 4 is 0 Å². The molecule has 0 bridgehead atoms. The fraction of sp³-hybridized carbons (Fsp3) is 0.800. The van der Waals surface area contributed by atoms with Crippen LogP contribution in [0.5, 0.6) is 0 Å². The number of alkyl halides is 18. The van der Waals surface area contributed by atoms with Gasteiger partial charge in [0.1, 0.15) is 0 Å². The van der Waals surface area contributed by atoms with E-state index in [1.165, 1.54) is 0 Å². The van der Waals surface area contributed by atoms with E-state index < -0.39 is 60.0 Å². The molecule has 0 aromatic heterocycles. The molecule has 28 heavy (non-hydrogen) atoms. The quantitative estimate of drug-likeness (QED) is 0.323. The van der Waals surface area contributed by atoms with E-state index in [0.717, 1.165) is 0 Å². The van der Waals surface area contributed by atoms with E-state index in [-0.39, 0.29) is 0 Å². The highest BCUT2D eigenvalue weighted by Crippen LogP contribution is 2.64. The first-order valence-corrected chi connectivity index (χ1v) is 5.81. The van der Waals surface area contributed by atoms with Crippen LogP contribution in [0.25, 0.3) is 0 Å². The van der Waals surface area contributed by atoms with Crippen molar-refractivity contribution in [1.82, 2.24) is 0 Å². The standard InChI is InChI=1S/C10H2F18/c11-4(8(20,21)22,9(23,24)25)2-1-3(6(14,15)16,7(17,18)19)5(12,13)10(26,27)28/h1-2H. The average Bonchev–Trinajstić information content (AvgIpc) is 2.30. The molecule has 0 aromatic rings. The Kier molecular flexibility index (Phi) is 6.14. The first kappa shape index (κ1) is 26.5. The number of hydrogen-bond acceptors (Lipinski definition) is 0. The predicted octanol–water partition coefficient (Wildman–Crippen LogP) is 6.68. The molecule has 0 amide bonds. The molecule has 0 saturated carbocycles. The fourth-order valence-corrected chi connectivity index (χ4v) is 1.62. The lowest BCUT2D eigenvalue weighted by Crippen LogP contribution is -2.65. The maximum atomic E-state index is 13.2. The minimum absolute atomic E-state index is 2.73. The minimum atomic E-state index is -8.05. The summed E-state index contributed by atoms with van der Waals surface area (Å²) < 4.78 is 225. The third kappa shape index (κ3) is 3.81. The molecule has 18 heteroatoms. The largest absolute Gasteiger partial charge is 0.454 e. The number of rotatable bonds is 3. The van der Waals surface area contributed by atoms with Gasteiger partial charge in [0.15, 0.2) is 0 Å².